The number of urea groups is 1. The summed E-state index contributed by atoms with van der Waals surface area (Å²) in [7, 11) is 0. The Balaban J connectivity index is 1.30. The van der Waals surface area contributed by atoms with Gasteiger partial charge >= 0.3 is 17.8 Å². The van der Waals surface area contributed by atoms with Crippen molar-refractivity contribution in [2.24, 2.45) is 17.8 Å². The molecular formula is C26H30N8O3. The van der Waals surface area contributed by atoms with Crippen LogP contribution in [0.25, 0.3) is 21.9 Å². The van der Waals surface area contributed by atoms with E-state index in [1.807, 2.05) is 21.8 Å². The molecule has 0 spiro atoms. The minimum Gasteiger partial charge on any atom is -0.348 e. The van der Waals surface area contributed by atoms with Crippen LogP contribution < -0.4 is 10.6 Å². The zero-order valence-electron chi connectivity index (χ0n) is 20.7. The molecule has 3 aromatic rings. The van der Waals surface area contributed by atoms with Crippen molar-refractivity contribution in [3.8, 4) is 12.3 Å². The Morgan fingerprint density at radius 2 is 1.95 bits per heavy atom. The van der Waals surface area contributed by atoms with E-state index in [1.165, 1.54) is 0 Å². The first-order chi connectivity index (χ1) is 17.9. The van der Waals surface area contributed by atoms with E-state index in [4.69, 9.17) is 11.5 Å². The number of amides is 4. The highest BCUT2D eigenvalue weighted by molar-refractivity contribution is 6.40. The number of likely N-dealkylation sites (tertiary alicyclic amines) is 2. The molecule has 3 N–H and O–H groups in total. The van der Waals surface area contributed by atoms with Crippen LogP contribution in [-0.4, -0.2) is 80.1 Å². The number of nitrogens with one attached hydrogen (secondary N) is 3. The second-order valence-electron chi connectivity index (χ2n) is 10.5. The molecule has 4 amide bonds. The molecule has 6 rings (SSSR count). The molecule has 3 fully saturated rings. The van der Waals surface area contributed by atoms with Gasteiger partial charge in [-0.25, -0.2) is 9.78 Å². The molecule has 11 nitrogen and oxygen atoms in total. The zero-order chi connectivity index (χ0) is 25.7. The molecule has 2 saturated heterocycles. The second kappa shape index (κ2) is 9.10. The number of carbonyl (C=O) groups excluding carboxylic acids is 3. The number of aromatic nitrogens is 4. The zero-order valence-corrected chi connectivity index (χ0v) is 20.7. The van der Waals surface area contributed by atoms with E-state index in [9.17, 15) is 14.4 Å². The first-order valence-electron chi connectivity index (χ1n) is 12.9. The van der Waals surface area contributed by atoms with Crippen LogP contribution in [0, 0.1) is 30.1 Å². The molecule has 192 valence electrons. The molecule has 3 aliphatic rings. The van der Waals surface area contributed by atoms with E-state index in [2.05, 4.69) is 33.4 Å². The van der Waals surface area contributed by atoms with Gasteiger partial charge in [0.05, 0.1) is 22.9 Å². The molecule has 0 bridgehead atoms. The van der Waals surface area contributed by atoms with E-state index in [0.717, 1.165) is 30.2 Å². The van der Waals surface area contributed by atoms with Crippen LogP contribution in [0.5, 0.6) is 0 Å². The van der Waals surface area contributed by atoms with Gasteiger partial charge in [0.25, 0.3) is 0 Å². The third-order valence-electron chi connectivity index (χ3n) is 7.83. The molecule has 0 unspecified atom stereocenters. The van der Waals surface area contributed by atoms with Gasteiger partial charge in [-0.2, -0.15) is 5.10 Å². The largest absolute Gasteiger partial charge is 0.348 e. The number of piperidine rings is 1. The van der Waals surface area contributed by atoms with E-state index in [-0.39, 0.29) is 29.7 Å². The summed E-state index contributed by atoms with van der Waals surface area (Å²) in [6.07, 6.45) is 11.9. The Morgan fingerprint density at radius 1 is 1.14 bits per heavy atom. The van der Waals surface area contributed by atoms with Crippen molar-refractivity contribution in [1.82, 2.24) is 34.9 Å². The number of anilines is 1. The minimum atomic E-state index is -0.754. The minimum absolute atomic E-state index is 0.00539. The van der Waals surface area contributed by atoms with E-state index < -0.39 is 11.8 Å². The predicted molar refractivity (Wildman–Crippen MR) is 137 cm³/mol. The van der Waals surface area contributed by atoms with Crippen LogP contribution in [0.3, 0.4) is 0 Å². The molecule has 1 aliphatic carbocycles. The average molecular weight is 503 g/mol. The van der Waals surface area contributed by atoms with Crippen molar-refractivity contribution in [1.29, 1.82) is 0 Å². The van der Waals surface area contributed by atoms with E-state index in [0.29, 0.717) is 49.7 Å². The van der Waals surface area contributed by atoms with Gasteiger partial charge in [0.2, 0.25) is 0 Å². The van der Waals surface area contributed by atoms with Crippen molar-refractivity contribution in [2.45, 2.75) is 32.2 Å². The summed E-state index contributed by atoms with van der Waals surface area (Å²) >= 11 is 0. The molecule has 1 saturated carbocycles. The van der Waals surface area contributed by atoms with Gasteiger partial charge < -0.3 is 25.4 Å². The third-order valence-corrected chi connectivity index (χ3v) is 7.83. The number of fused-ring (bicyclic) bond motifs is 3. The number of hydrogen-bond acceptors (Lipinski definition) is 5. The van der Waals surface area contributed by atoms with Crippen LogP contribution in [-0.2, 0) is 9.59 Å². The standard InChI is InChI=1S/C26H30N8O3/c1-3-16-12-33(13-16)26(37)32-9-7-15(2)20(14-32)34-21-18-6-8-27-22(18)28-11-19(21)23(31-34)30-25(36)24(35)29-10-17-4-5-17/h1,6,8,11,15-17,20H,4-5,7,9-10,12-14H2,2H3,(H,27,28)(H,29,35)(H,30,31,36)/t15-,20+/m1/s1. The maximum absolute atomic E-state index is 13.1. The van der Waals surface area contributed by atoms with Crippen molar-refractivity contribution in [3.63, 3.8) is 0 Å². The highest BCUT2D eigenvalue weighted by Gasteiger charge is 2.38. The second-order valence-corrected chi connectivity index (χ2v) is 10.5. The fourth-order valence-electron chi connectivity index (χ4n) is 5.24. The molecule has 0 aromatic carbocycles. The smallest absolute Gasteiger partial charge is 0.320 e. The fraction of sp³-hybridized carbons (Fsp3) is 0.500. The number of terminal acetylenes is 1. The maximum atomic E-state index is 13.1. The number of aromatic amines is 1. The number of carbonyl (C=O) groups is 3. The van der Waals surface area contributed by atoms with Crippen molar-refractivity contribution in [2.75, 3.05) is 38.0 Å². The van der Waals surface area contributed by atoms with Crippen LogP contribution in [0.1, 0.15) is 32.2 Å². The number of hydrogen-bond donors (Lipinski definition) is 3. The monoisotopic (exact) mass is 502 g/mol. The first-order valence-corrected chi connectivity index (χ1v) is 12.9. The number of pyridine rings is 1. The number of H-pyrrole nitrogens is 1. The summed E-state index contributed by atoms with van der Waals surface area (Å²) in [5.41, 5.74) is 1.51. The van der Waals surface area contributed by atoms with Crippen LogP contribution in [0.2, 0.25) is 0 Å². The lowest BCUT2D eigenvalue weighted by molar-refractivity contribution is -0.136. The molecule has 3 aromatic heterocycles. The fourth-order valence-corrected chi connectivity index (χ4v) is 5.24. The van der Waals surface area contributed by atoms with Crippen LogP contribution in [0.4, 0.5) is 10.6 Å². The van der Waals surface area contributed by atoms with Gasteiger partial charge in [-0.3, -0.25) is 14.3 Å². The molecular weight excluding hydrogens is 472 g/mol. The average Bonchev–Trinajstić information content (AvgIpc) is 3.45. The summed E-state index contributed by atoms with van der Waals surface area (Å²) in [6, 6.07) is 1.79. The molecule has 2 atom stereocenters. The van der Waals surface area contributed by atoms with E-state index in [1.54, 1.807) is 11.1 Å². The number of rotatable bonds is 4. The normalized spacial score (nSPS) is 22.1. The Kier molecular flexibility index (Phi) is 5.74. The maximum Gasteiger partial charge on any atom is 0.320 e. The van der Waals surface area contributed by atoms with Crippen LogP contribution in [0.15, 0.2) is 18.5 Å². The first kappa shape index (κ1) is 23.3. The highest BCUT2D eigenvalue weighted by atomic mass is 16.2. The van der Waals surface area contributed by atoms with Crippen LogP contribution >= 0.6 is 0 Å². The van der Waals surface area contributed by atoms with Gasteiger partial charge in [0.15, 0.2) is 5.82 Å². The Labute approximate surface area is 213 Å². The lowest BCUT2D eigenvalue weighted by atomic mass is 9.93. The number of nitrogens with zero attached hydrogens (tertiary/aromatic N) is 5. The molecule has 11 heteroatoms. The Hall–Kier alpha value is -4.07. The summed E-state index contributed by atoms with van der Waals surface area (Å²) in [6.45, 7) is 4.99. The summed E-state index contributed by atoms with van der Waals surface area (Å²) in [4.78, 5) is 49.5. The van der Waals surface area contributed by atoms with Gasteiger partial charge in [0, 0.05) is 50.5 Å². The summed E-state index contributed by atoms with van der Waals surface area (Å²) < 4.78 is 1.90. The van der Waals surface area contributed by atoms with E-state index >= 15 is 0 Å². The SMILES string of the molecule is C#CC1CN(C(=O)N2CC[C@@H](C)[C@@H](n3nc(NC(=O)C(=O)NCC4CC4)c4cnc5[nH]ccc5c43)C2)C1. The van der Waals surface area contributed by atoms with Gasteiger partial charge in [-0.1, -0.05) is 12.8 Å². The Morgan fingerprint density at radius 3 is 2.70 bits per heavy atom. The Bertz CT molecular complexity index is 1420. The van der Waals surface area contributed by atoms with Gasteiger partial charge in [0.1, 0.15) is 5.65 Å². The quantitative estimate of drug-likeness (QED) is 0.371. The third kappa shape index (κ3) is 4.26. The molecule has 0 radical (unpaired) electrons. The lowest BCUT2D eigenvalue weighted by Gasteiger charge is -2.43. The topological polar surface area (TPSA) is 128 Å². The predicted octanol–water partition coefficient (Wildman–Crippen LogP) is 1.95. The molecule has 5 heterocycles. The lowest BCUT2D eigenvalue weighted by Crippen LogP contribution is -2.57. The van der Waals surface area contributed by atoms with Crippen molar-refractivity contribution >= 4 is 45.6 Å². The van der Waals surface area contributed by atoms with Crippen molar-refractivity contribution < 1.29 is 14.4 Å². The molecule has 37 heavy (non-hydrogen) atoms. The van der Waals surface area contributed by atoms with Gasteiger partial charge in [-0.05, 0) is 37.2 Å². The van der Waals surface area contributed by atoms with Gasteiger partial charge in [-0.15, -0.1) is 6.42 Å². The molecule has 2 aliphatic heterocycles. The highest BCUT2D eigenvalue weighted by Crippen LogP contribution is 2.36. The summed E-state index contributed by atoms with van der Waals surface area (Å²) in [5.74, 6) is 2.39. The summed E-state index contributed by atoms with van der Waals surface area (Å²) in [5, 5.41) is 11.7. The van der Waals surface area contributed by atoms with Crippen molar-refractivity contribution in [3.05, 3.63) is 18.5 Å².